The van der Waals surface area contributed by atoms with E-state index in [0.29, 0.717) is 29.6 Å². The number of aromatic amines is 1. The molecule has 1 fully saturated rings. The van der Waals surface area contributed by atoms with Gasteiger partial charge in [-0.05, 0) is 37.5 Å². The first kappa shape index (κ1) is 18.4. The molecule has 1 amide bonds. The summed E-state index contributed by atoms with van der Waals surface area (Å²) in [4.78, 5) is 39.8. The largest absolute Gasteiger partial charge is 0.376 e. The topological polar surface area (TPSA) is 93.2 Å². The van der Waals surface area contributed by atoms with E-state index in [1.54, 1.807) is 18.2 Å². The van der Waals surface area contributed by atoms with Gasteiger partial charge in [-0.2, -0.15) is 0 Å². The molecule has 2 N–H and O–H groups in total. The SMILES string of the molecule is CCCCCn1c(=O)[nH]c2cc(C(=O)NC[C@H]3CCCO3)ccc2c1=O. The van der Waals surface area contributed by atoms with Gasteiger partial charge >= 0.3 is 5.69 Å². The van der Waals surface area contributed by atoms with E-state index in [1.807, 2.05) is 0 Å². The van der Waals surface area contributed by atoms with Crippen LogP contribution in [0.3, 0.4) is 0 Å². The number of carbonyl (C=O) groups is 1. The molecule has 7 nitrogen and oxygen atoms in total. The van der Waals surface area contributed by atoms with Crippen LogP contribution in [0.25, 0.3) is 10.9 Å². The van der Waals surface area contributed by atoms with Crippen molar-refractivity contribution in [2.45, 2.75) is 51.7 Å². The summed E-state index contributed by atoms with van der Waals surface area (Å²) in [6.07, 6.45) is 4.80. The molecule has 1 aromatic heterocycles. The Hall–Kier alpha value is -2.41. The standard InChI is InChI=1S/C19H25N3O4/c1-2-3-4-9-22-18(24)15-8-7-13(11-16(15)21-19(22)25)17(23)20-12-14-6-5-10-26-14/h7-8,11,14H,2-6,9-10,12H2,1H3,(H,20,23)(H,21,25)/t14-/m1/s1. The summed E-state index contributed by atoms with van der Waals surface area (Å²) in [7, 11) is 0. The van der Waals surface area contributed by atoms with E-state index in [4.69, 9.17) is 4.74 Å². The number of rotatable bonds is 7. The molecule has 2 heterocycles. The predicted molar refractivity (Wildman–Crippen MR) is 99.7 cm³/mol. The second kappa shape index (κ2) is 8.31. The van der Waals surface area contributed by atoms with Crippen LogP contribution in [0.5, 0.6) is 0 Å². The lowest BCUT2D eigenvalue weighted by Crippen LogP contribution is -2.35. The Bertz CT molecular complexity index is 894. The number of hydrogen-bond acceptors (Lipinski definition) is 4. The van der Waals surface area contributed by atoms with Crippen molar-refractivity contribution in [2.24, 2.45) is 0 Å². The molecule has 0 spiro atoms. The highest BCUT2D eigenvalue weighted by atomic mass is 16.5. The highest BCUT2D eigenvalue weighted by molar-refractivity contribution is 5.97. The zero-order valence-electron chi connectivity index (χ0n) is 15.0. The van der Waals surface area contributed by atoms with Crippen molar-refractivity contribution in [3.05, 3.63) is 44.6 Å². The lowest BCUT2D eigenvalue weighted by Gasteiger charge is -2.11. The van der Waals surface area contributed by atoms with Gasteiger partial charge in [0.25, 0.3) is 11.5 Å². The van der Waals surface area contributed by atoms with E-state index in [0.717, 1.165) is 38.7 Å². The van der Waals surface area contributed by atoms with Gasteiger partial charge in [-0.25, -0.2) is 4.79 Å². The third-order valence-corrected chi connectivity index (χ3v) is 4.74. The van der Waals surface area contributed by atoms with E-state index in [9.17, 15) is 14.4 Å². The molecule has 0 radical (unpaired) electrons. The van der Waals surface area contributed by atoms with Crippen molar-refractivity contribution in [1.82, 2.24) is 14.9 Å². The summed E-state index contributed by atoms with van der Waals surface area (Å²) < 4.78 is 6.72. The fourth-order valence-electron chi connectivity index (χ4n) is 3.23. The van der Waals surface area contributed by atoms with Gasteiger partial charge in [-0.15, -0.1) is 0 Å². The van der Waals surface area contributed by atoms with Crippen molar-refractivity contribution >= 4 is 16.8 Å². The minimum atomic E-state index is -0.435. The Morgan fingerprint density at radius 2 is 2.19 bits per heavy atom. The van der Waals surface area contributed by atoms with E-state index in [2.05, 4.69) is 17.2 Å². The molecule has 1 aliphatic heterocycles. The summed E-state index contributed by atoms with van der Waals surface area (Å²) in [5.41, 5.74) is 0.0486. The number of unbranched alkanes of at least 4 members (excludes halogenated alkanes) is 2. The Balaban J connectivity index is 1.80. The van der Waals surface area contributed by atoms with Crippen molar-refractivity contribution in [3.63, 3.8) is 0 Å². The summed E-state index contributed by atoms with van der Waals surface area (Å²) in [5.74, 6) is -0.240. The monoisotopic (exact) mass is 359 g/mol. The van der Waals surface area contributed by atoms with E-state index in [-0.39, 0.29) is 17.6 Å². The van der Waals surface area contributed by atoms with Crippen LogP contribution >= 0.6 is 0 Å². The number of nitrogens with one attached hydrogen (secondary N) is 2. The summed E-state index contributed by atoms with van der Waals surface area (Å²) in [5, 5.41) is 3.25. The van der Waals surface area contributed by atoms with Crippen LogP contribution in [0, 0.1) is 0 Å². The Morgan fingerprint density at radius 1 is 1.35 bits per heavy atom. The van der Waals surface area contributed by atoms with Crippen LogP contribution in [0.1, 0.15) is 49.4 Å². The molecule has 0 unspecified atom stereocenters. The smallest absolute Gasteiger partial charge is 0.328 e. The van der Waals surface area contributed by atoms with Crippen LogP contribution in [0.15, 0.2) is 27.8 Å². The molecule has 140 valence electrons. The zero-order valence-corrected chi connectivity index (χ0v) is 15.0. The molecule has 1 aromatic carbocycles. The van der Waals surface area contributed by atoms with Gasteiger partial charge in [0.1, 0.15) is 0 Å². The average Bonchev–Trinajstić information content (AvgIpc) is 3.15. The molecule has 1 atom stereocenters. The van der Waals surface area contributed by atoms with Crippen LogP contribution in [-0.2, 0) is 11.3 Å². The van der Waals surface area contributed by atoms with E-state index in [1.165, 1.54) is 4.57 Å². The number of fused-ring (bicyclic) bond motifs is 1. The lowest BCUT2D eigenvalue weighted by molar-refractivity contribution is 0.0858. The van der Waals surface area contributed by atoms with Crippen molar-refractivity contribution in [2.75, 3.05) is 13.2 Å². The van der Waals surface area contributed by atoms with Crippen LogP contribution in [0.4, 0.5) is 0 Å². The number of nitrogens with zero attached hydrogens (tertiary/aromatic N) is 1. The van der Waals surface area contributed by atoms with Gasteiger partial charge in [-0.3, -0.25) is 14.2 Å². The normalized spacial score (nSPS) is 16.9. The van der Waals surface area contributed by atoms with E-state index < -0.39 is 5.69 Å². The summed E-state index contributed by atoms with van der Waals surface area (Å²) in [6.45, 7) is 3.68. The molecular formula is C19H25N3O4. The molecule has 0 bridgehead atoms. The number of benzene rings is 1. The minimum Gasteiger partial charge on any atom is -0.376 e. The number of ether oxygens (including phenoxy) is 1. The molecule has 1 aliphatic rings. The van der Waals surface area contributed by atoms with Gasteiger partial charge in [0.05, 0.1) is 17.0 Å². The van der Waals surface area contributed by atoms with Crippen LogP contribution < -0.4 is 16.6 Å². The predicted octanol–water partition coefficient (Wildman–Crippen LogP) is 1.79. The Labute approximate surface area is 151 Å². The zero-order chi connectivity index (χ0) is 18.5. The van der Waals surface area contributed by atoms with Crippen molar-refractivity contribution in [3.8, 4) is 0 Å². The van der Waals surface area contributed by atoms with Gasteiger partial charge < -0.3 is 15.0 Å². The highest BCUT2D eigenvalue weighted by Crippen LogP contribution is 2.12. The second-order valence-electron chi connectivity index (χ2n) is 6.70. The third-order valence-electron chi connectivity index (χ3n) is 4.74. The second-order valence-corrected chi connectivity index (χ2v) is 6.70. The van der Waals surface area contributed by atoms with Gasteiger partial charge in [0.15, 0.2) is 0 Å². The molecular weight excluding hydrogens is 334 g/mol. The van der Waals surface area contributed by atoms with Gasteiger partial charge in [0, 0.05) is 25.3 Å². The van der Waals surface area contributed by atoms with Gasteiger partial charge in [-0.1, -0.05) is 19.8 Å². The first-order chi connectivity index (χ1) is 12.6. The first-order valence-electron chi connectivity index (χ1n) is 9.27. The molecule has 7 heteroatoms. The molecule has 2 aromatic rings. The number of aromatic nitrogens is 2. The number of carbonyl (C=O) groups excluding carboxylic acids is 1. The molecule has 0 aliphatic carbocycles. The Kier molecular flexibility index (Phi) is 5.88. The number of H-pyrrole nitrogens is 1. The highest BCUT2D eigenvalue weighted by Gasteiger charge is 2.17. The average molecular weight is 359 g/mol. The van der Waals surface area contributed by atoms with Gasteiger partial charge in [0.2, 0.25) is 0 Å². The van der Waals surface area contributed by atoms with Crippen LogP contribution in [-0.4, -0.2) is 34.7 Å². The molecule has 3 rings (SSSR count). The number of hydrogen-bond donors (Lipinski definition) is 2. The molecule has 1 saturated heterocycles. The Morgan fingerprint density at radius 3 is 2.92 bits per heavy atom. The first-order valence-corrected chi connectivity index (χ1v) is 9.27. The van der Waals surface area contributed by atoms with Crippen molar-refractivity contribution in [1.29, 1.82) is 0 Å². The fraction of sp³-hybridized carbons (Fsp3) is 0.526. The maximum absolute atomic E-state index is 12.6. The minimum absolute atomic E-state index is 0.0644. The lowest BCUT2D eigenvalue weighted by atomic mass is 10.1. The molecule has 26 heavy (non-hydrogen) atoms. The maximum Gasteiger partial charge on any atom is 0.328 e. The third kappa shape index (κ3) is 4.04. The molecule has 0 saturated carbocycles. The summed E-state index contributed by atoms with van der Waals surface area (Å²) >= 11 is 0. The fourth-order valence-corrected chi connectivity index (χ4v) is 3.23. The van der Waals surface area contributed by atoms with Crippen LogP contribution in [0.2, 0.25) is 0 Å². The maximum atomic E-state index is 12.6. The number of amides is 1. The summed E-state index contributed by atoms with van der Waals surface area (Å²) in [6, 6.07) is 4.77. The van der Waals surface area contributed by atoms with E-state index >= 15 is 0 Å². The quantitative estimate of drug-likeness (QED) is 0.737. The van der Waals surface area contributed by atoms with Crippen molar-refractivity contribution < 1.29 is 9.53 Å².